The zero-order valence-corrected chi connectivity index (χ0v) is 25.2. The predicted octanol–water partition coefficient (Wildman–Crippen LogP) is 7.26. The first-order valence-corrected chi connectivity index (χ1v) is 15.3. The number of rotatable bonds is 8. The standard InChI is InChI=1S/C34H38N6O4/c1-22-12-13-24-25(9-5-11-27(24)38-29(41)20-34(2)15-3-4-16-34)30(22)44-31-26(10-6-17-35-31)28-14-18-36-32(39-28)37-23-8-7-19-40(21-23)33(42)43/h5-6,9-14,17-18,23H,3-4,7-8,15-16,19-21H2,1-2H3,(H,38,41)(H,42,43)(H,36,37,39)/t23-/m0/s1. The van der Waals surface area contributed by atoms with Gasteiger partial charge in [0.25, 0.3) is 0 Å². The van der Waals surface area contributed by atoms with Crippen LogP contribution in [0.3, 0.4) is 0 Å². The molecule has 2 aliphatic rings. The van der Waals surface area contributed by atoms with Crippen molar-refractivity contribution in [1.29, 1.82) is 0 Å². The number of hydrogen-bond acceptors (Lipinski definition) is 7. The second-order valence-corrected chi connectivity index (χ2v) is 12.3. The lowest BCUT2D eigenvalue weighted by Gasteiger charge is -2.31. The Bertz CT molecular complexity index is 1690. The molecule has 228 valence electrons. The second kappa shape index (κ2) is 12.5. The fraction of sp³-hybridized carbons (Fsp3) is 0.382. The molecule has 0 unspecified atom stereocenters. The van der Waals surface area contributed by atoms with E-state index >= 15 is 0 Å². The molecule has 3 heterocycles. The number of amides is 2. The molecule has 1 saturated heterocycles. The number of likely N-dealkylation sites (tertiary alicyclic amines) is 1. The smallest absolute Gasteiger partial charge is 0.407 e. The maximum Gasteiger partial charge on any atom is 0.407 e. The first kappa shape index (κ1) is 29.3. The van der Waals surface area contributed by atoms with Crippen molar-refractivity contribution >= 4 is 34.4 Å². The normalized spacial score (nSPS) is 17.8. The number of piperidine rings is 1. The first-order valence-electron chi connectivity index (χ1n) is 15.3. The van der Waals surface area contributed by atoms with E-state index in [2.05, 4.69) is 27.5 Å². The molecular formula is C34H38N6O4. The van der Waals surface area contributed by atoms with Crippen molar-refractivity contribution in [2.45, 2.75) is 64.8 Å². The third kappa shape index (κ3) is 6.44. The summed E-state index contributed by atoms with van der Waals surface area (Å²) in [5.74, 6) is 1.51. The number of hydrogen-bond donors (Lipinski definition) is 3. The number of nitrogens with zero attached hydrogens (tertiary/aromatic N) is 4. The Hall–Kier alpha value is -4.73. The van der Waals surface area contributed by atoms with E-state index in [1.165, 1.54) is 17.7 Å². The Labute approximate surface area is 256 Å². The molecular weight excluding hydrogens is 556 g/mol. The monoisotopic (exact) mass is 594 g/mol. The molecule has 2 aromatic heterocycles. The summed E-state index contributed by atoms with van der Waals surface area (Å²) in [5.41, 5.74) is 3.08. The van der Waals surface area contributed by atoms with Crippen LogP contribution in [0.4, 0.5) is 16.4 Å². The summed E-state index contributed by atoms with van der Waals surface area (Å²) >= 11 is 0. The van der Waals surface area contributed by atoms with Crippen molar-refractivity contribution in [3.05, 3.63) is 66.5 Å². The number of ether oxygens (including phenoxy) is 1. The van der Waals surface area contributed by atoms with E-state index in [1.807, 2.05) is 49.4 Å². The third-order valence-corrected chi connectivity index (χ3v) is 8.81. The van der Waals surface area contributed by atoms with Crippen molar-refractivity contribution in [2.75, 3.05) is 23.7 Å². The number of carbonyl (C=O) groups is 2. The van der Waals surface area contributed by atoms with E-state index in [-0.39, 0.29) is 17.4 Å². The van der Waals surface area contributed by atoms with Crippen LogP contribution in [0.2, 0.25) is 0 Å². The molecule has 0 radical (unpaired) electrons. The van der Waals surface area contributed by atoms with Crippen LogP contribution in [0.1, 0.15) is 57.4 Å². The van der Waals surface area contributed by atoms with Gasteiger partial charge < -0.3 is 25.4 Å². The number of pyridine rings is 1. The Morgan fingerprint density at radius 2 is 1.86 bits per heavy atom. The minimum absolute atomic E-state index is 0.0361. The fourth-order valence-corrected chi connectivity index (χ4v) is 6.46. The molecule has 0 bridgehead atoms. The van der Waals surface area contributed by atoms with Crippen LogP contribution in [0.25, 0.3) is 22.0 Å². The van der Waals surface area contributed by atoms with Crippen LogP contribution in [-0.2, 0) is 4.79 Å². The van der Waals surface area contributed by atoms with Gasteiger partial charge >= 0.3 is 6.09 Å². The van der Waals surface area contributed by atoms with Gasteiger partial charge in [-0.15, -0.1) is 0 Å². The minimum Gasteiger partial charge on any atom is -0.465 e. The van der Waals surface area contributed by atoms with Crippen molar-refractivity contribution in [3.63, 3.8) is 0 Å². The summed E-state index contributed by atoms with van der Waals surface area (Å²) in [4.78, 5) is 39.6. The summed E-state index contributed by atoms with van der Waals surface area (Å²) in [6, 6.07) is 15.3. The van der Waals surface area contributed by atoms with Crippen molar-refractivity contribution in [3.8, 4) is 22.9 Å². The highest BCUT2D eigenvalue weighted by Crippen LogP contribution is 2.42. The lowest BCUT2D eigenvalue weighted by molar-refractivity contribution is -0.118. The largest absolute Gasteiger partial charge is 0.465 e. The molecule has 2 amide bonds. The van der Waals surface area contributed by atoms with Gasteiger partial charge in [0.15, 0.2) is 0 Å². The number of aryl methyl sites for hydroxylation is 1. The molecule has 10 heteroatoms. The minimum atomic E-state index is -0.917. The van der Waals surface area contributed by atoms with E-state index in [0.29, 0.717) is 48.3 Å². The topological polar surface area (TPSA) is 130 Å². The number of fused-ring (bicyclic) bond motifs is 1. The maximum atomic E-state index is 13.1. The van der Waals surface area contributed by atoms with Gasteiger partial charge in [-0.05, 0) is 67.9 Å². The van der Waals surface area contributed by atoms with Gasteiger partial charge in [0.1, 0.15) is 5.75 Å². The summed E-state index contributed by atoms with van der Waals surface area (Å²) in [6.45, 7) is 5.11. The molecule has 1 aliphatic carbocycles. The molecule has 4 aromatic rings. The van der Waals surface area contributed by atoms with E-state index in [4.69, 9.17) is 9.72 Å². The Morgan fingerprint density at radius 1 is 1.02 bits per heavy atom. The van der Waals surface area contributed by atoms with Crippen molar-refractivity contribution in [2.24, 2.45) is 5.41 Å². The van der Waals surface area contributed by atoms with Crippen LogP contribution in [0.5, 0.6) is 11.6 Å². The molecule has 1 saturated carbocycles. The zero-order valence-electron chi connectivity index (χ0n) is 25.2. The van der Waals surface area contributed by atoms with Gasteiger partial charge in [-0.3, -0.25) is 4.79 Å². The molecule has 3 N–H and O–H groups in total. The number of carbonyl (C=O) groups excluding carboxylic acids is 1. The van der Waals surface area contributed by atoms with Gasteiger partial charge in [-0.2, -0.15) is 0 Å². The van der Waals surface area contributed by atoms with Crippen LogP contribution in [0, 0.1) is 12.3 Å². The number of aromatic nitrogens is 3. The summed E-state index contributed by atoms with van der Waals surface area (Å²) in [5, 5.41) is 17.6. The highest BCUT2D eigenvalue weighted by Gasteiger charge is 2.31. The second-order valence-electron chi connectivity index (χ2n) is 12.3. The molecule has 2 fully saturated rings. The van der Waals surface area contributed by atoms with E-state index in [9.17, 15) is 14.7 Å². The number of nitrogens with one attached hydrogen (secondary N) is 2. The molecule has 44 heavy (non-hydrogen) atoms. The van der Waals surface area contributed by atoms with Gasteiger partial charge in [0.05, 0.1) is 11.3 Å². The third-order valence-electron chi connectivity index (χ3n) is 8.81. The molecule has 10 nitrogen and oxygen atoms in total. The van der Waals surface area contributed by atoms with Crippen molar-refractivity contribution < 1.29 is 19.4 Å². The number of carboxylic acid groups (broad SMARTS) is 1. The van der Waals surface area contributed by atoms with Crippen LogP contribution >= 0.6 is 0 Å². The van der Waals surface area contributed by atoms with E-state index in [0.717, 1.165) is 47.7 Å². The average molecular weight is 595 g/mol. The first-order chi connectivity index (χ1) is 21.3. The lowest BCUT2D eigenvalue weighted by atomic mass is 9.85. The highest BCUT2D eigenvalue weighted by molar-refractivity contribution is 6.04. The lowest BCUT2D eigenvalue weighted by Crippen LogP contribution is -2.44. The number of anilines is 2. The predicted molar refractivity (Wildman–Crippen MR) is 170 cm³/mol. The van der Waals surface area contributed by atoms with Gasteiger partial charge in [-0.1, -0.05) is 44.0 Å². The Morgan fingerprint density at radius 3 is 2.68 bits per heavy atom. The quantitative estimate of drug-likeness (QED) is 0.194. The van der Waals surface area contributed by atoms with E-state index in [1.54, 1.807) is 18.5 Å². The van der Waals surface area contributed by atoms with Gasteiger partial charge in [0.2, 0.25) is 17.7 Å². The van der Waals surface area contributed by atoms with Crippen LogP contribution in [-0.4, -0.2) is 56.1 Å². The average Bonchev–Trinajstić information content (AvgIpc) is 3.44. The maximum absolute atomic E-state index is 13.1. The van der Waals surface area contributed by atoms with Crippen molar-refractivity contribution in [1.82, 2.24) is 19.9 Å². The van der Waals surface area contributed by atoms with Gasteiger partial charge in [0, 0.05) is 54.4 Å². The summed E-state index contributed by atoms with van der Waals surface area (Å²) in [7, 11) is 0. The van der Waals surface area contributed by atoms with Gasteiger partial charge in [-0.25, -0.2) is 19.7 Å². The molecule has 6 rings (SSSR count). The van der Waals surface area contributed by atoms with Crippen LogP contribution in [0.15, 0.2) is 60.9 Å². The molecule has 1 aliphatic heterocycles. The molecule has 1 atom stereocenters. The zero-order chi connectivity index (χ0) is 30.7. The fourth-order valence-electron chi connectivity index (χ4n) is 6.46. The Balaban J connectivity index is 1.25. The summed E-state index contributed by atoms with van der Waals surface area (Å²) < 4.78 is 6.55. The van der Waals surface area contributed by atoms with Crippen LogP contribution < -0.4 is 15.4 Å². The summed E-state index contributed by atoms with van der Waals surface area (Å²) in [6.07, 6.45) is 9.12. The highest BCUT2D eigenvalue weighted by atomic mass is 16.5. The molecule has 2 aromatic carbocycles. The van der Waals surface area contributed by atoms with E-state index < -0.39 is 6.09 Å². The Kier molecular flexibility index (Phi) is 8.32. The molecule has 0 spiro atoms. The number of benzene rings is 2. The SMILES string of the molecule is Cc1ccc2c(NC(=O)CC3(C)CCCC3)cccc2c1Oc1ncccc1-c1ccnc(N[C@H]2CCCN(C(=O)O)C2)n1.